The molecular weight excluding hydrogens is 263 g/mol. The lowest BCUT2D eigenvalue weighted by atomic mass is 10.0. The number of carbonyl (C=O) groups is 2. The second-order valence-corrected chi connectivity index (χ2v) is 4.86. The van der Waals surface area contributed by atoms with E-state index in [1.807, 2.05) is 0 Å². The van der Waals surface area contributed by atoms with Gasteiger partial charge in [0.05, 0.1) is 12.1 Å². The Hall–Kier alpha value is -1.79. The molecule has 0 radical (unpaired) electrons. The minimum Gasteiger partial charge on any atom is -0.387 e. The highest BCUT2D eigenvalue weighted by Crippen LogP contribution is 2.15. The van der Waals surface area contributed by atoms with Crippen LogP contribution in [0.15, 0.2) is 24.3 Å². The summed E-state index contributed by atoms with van der Waals surface area (Å²) in [6.45, 7) is 0.127. The summed E-state index contributed by atoms with van der Waals surface area (Å²) in [5.74, 6) is -0.910. The van der Waals surface area contributed by atoms with Crippen molar-refractivity contribution in [1.82, 2.24) is 10.2 Å². The topological polar surface area (TPSA) is 69.6 Å². The van der Waals surface area contributed by atoms with Crippen molar-refractivity contribution in [2.75, 3.05) is 13.6 Å². The molecule has 2 unspecified atom stereocenters. The van der Waals surface area contributed by atoms with Crippen LogP contribution in [0.5, 0.6) is 0 Å². The van der Waals surface area contributed by atoms with E-state index in [-0.39, 0.29) is 18.4 Å². The van der Waals surface area contributed by atoms with Crippen LogP contribution in [0, 0.1) is 5.82 Å². The highest BCUT2D eigenvalue weighted by atomic mass is 19.1. The normalized spacial score (nSPS) is 21.1. The highest BCUT2D eigenvalue weighted by molar-refractivity contribution is 6.00. The first-order valence-electron chi connectivity index (χ1n) is 6.46. The minimum atomic E-state index is -0.901. The van der Waals surface area contributed by atoms with Crippen molar-refractivity contribution in [2.24, 2.45) is 0 Å². The molecule has 1 aliphatic heterocycles. The Morgan fingerprint density at radius 2 is 2.25 bits per heavy atom. The Morgan fingerprint density at radius 3 is 2.95 bits per heavy atom. The molecule has 1 heterocycles. The second-order valence-electron chi connectivity index (χ2n) is 4.86. The fourth-order valence-electron chi connectivity index (χ4n) is 2.19. The molecule has 0 aliphatic carbocycles. The highest BCUT2D eigenvalue weighted by Gasteiger charge is 2.31. The summed E-state index contributed by atoms with van der Waals surface area (Å²) < 4.78 is 13.0. The van der Waals surface area contributed by atoms with E-state index in [2.05, 4.69) is 5.32 Å². The third kappa shape index (κ3) is 3.20. The zero-order valence-corrected chi connectivity index (χ0v) is 11.2. The first-order chi connectivity index (χ1) is 9.49. The van der Waals surface area contributed by atoms with Gasteiger partial charge in [-0.15, -0.1) is 0 Å². The van der Waals surface area contributed by atoms with Crippen LogP contribution in [-0.4, -0.2) is 41.5 Å². The van der Waals surface area contributed by atoms with Gasteiger partial charge in [-0.3, -0.25) is 14.5 Å². The van der Waals surface area contributed by atoms with E-state index in [9.17, 15) is 19.1 Å². The predicted molar refractivity (Wildman–Crippen MR) is 70.2 cm³/mol. The number of hydrogen-bond donors (Lipinski definition) is 2. The van der Waals surface area contributed by atoms with Gasteiger partial charge >= 0.3 is 0 Å². The summed E-state index contributed by atoms with van der Waals surface area (Å²) in [5.41, 5.74) is 0.449. The van der Waals surface area contributed by atoms with Crippen LogP contribution in [0.3, 0.4) is 0 Å². The van der Waals surface area contributed by atoms with Gasteiger partial charge in [-0.05, 0) is 24.1 Å². The van der Waals surface area contributed by atoms with Crippen molar-refractivity contribution in [2.45, 2.75) is 25.0 Å². The summed E-state index contributed by atoms with van der Waals surface area (Å²) in [7, 11) is 1.45. The molecule has 2 rings (SSSR count). The molecule has 6 heteroatoms. The summed E-state index contributed by atoms with van der Waals surface area (Å²) in [6.07, 6.45) is -0.185. The molecule has 1 aliphatic rings. The van der Waals surface area contributed by atoms with E-state index in [1.54, 1.807) is 6.07 Å². The van der Waals surface area contributed by atoms with Gasteiger partial charge in [-0.25, -0.2) is 4.39 Å². The first-order valence-corrected chi connectivity index (χ1v) is 6.46. The van der Waals surface area contributed by atoms with E-state index in [1.165, 1.54) is 25.2 Å². The molecule has 5 nitrogen and oxygen atoms in total. The van der Waals surface area contributed by atoms with Crippen molar-refractivity contribution >= 4 is 11.8 Å². The molecule has 2 atom stereocenters. The maximum absolute atomic E-state index is 13.0. The second kappa shape index (κ2) is 6.11. The maximum atomic E-state index is 13.0. The molecule has 20 heavy (non-hydrogen) atoms. The van der Waals surface area contributed by atoms with E-state index < -0.39 is 18.0 Å². The Balaban J connectivity index is 1.92. The number of nitrogens with one attached hydrogen (secondary N) is 1. The van der Waals surface area contributed by atoms with Crippen LogP contribution in [-0.2, 0) is 9.59 Å². The monoisotopic (exact) mass is 280 g/mol. The molecule has 0 aromatic heterocycles. The van der Waals surface area contributed by atoms with Gasteiger partial charge in [-0.2, -0.15) is 0 Å². The number of aliphatic hydroxyl groups is 1. The molecule has 1 saturated heterocycles. The van der Waals surface area contributed by atoms with Gasteiger partial charge < -0.3 is 10.4 Å². The molecule has 108 valence electrons. The number of benzene rings is 1. The van der Waals surface area contributed by atoms with Crippen LogP contribution < -0.4 is 5.32 Å². The molecule has 2 amide bonds. The quantitative estimate of drug-likeness (QED) is 0.792. The van der Waals surface area contributed by atoms with Gasteiger partial charge in [0.1, 0.15) is 5.82 Å². The van der Waals surface area contributed by atoms with E-state index in [0.717, 1.165) is 4.90 Å². The van der Waals surface area contributed by atoms with E-state index >= 15 is 0 Å². The number of amides is 2. The third-order valence-corrected chi connectivity index (χ3v) is 3.44. The summed E-state index contributed by atoms with van der Waals surface area (Å²) in [6, 6.07) is 5.21. The van der Waals surface area contributed by atoms with Gasteiger partial charge in [0, 0.05) is 20.0 Å². The van der Waals surface area contributed by atoms with Crippen LogP contribution in [0.25, 0.3) is 0 Å². The fraction of sp³-hybridized carbons (Fsp3) is 0.429. The van der Waals surface area contributed by atoms with Gasteiger partial charge in [0.2, 0.25) is 11.8 Å². The molecule has 1 fully saturated rings. The zero-order valence-electron chi connectivity index (χ0n) is 11.2. The fourth-order valence-corrected chi connectivity index (χ4v) is 2.19. The maximum Gasteiger partial charge on any atom is 0.246 e. The molecular formula is C14H17FN2O3. The number of likely N-dealkylation sites (tertiary alicyclic amines) is 1. The van der Waals surface area contributed by atoms with Crippen molar-refractivity contribution in [3.8, 4) is 0 Å². The summed E-state index contributed by atoms with van der Waals surface area (Å²) in [5, 5.41) is 12.9. The van der Waals surface area contributed by atoms with Crippen molar-refractivity contribution in [1.29, 1.82) is 0 Å². The van der Waals surface area contributed by atoms with Crippen molar-refractivity contribution < 1.29 is 19.1 Å². The van der Waals surface area contributed by atoms with E-state index in [4.69, 9.17) is 0 Å². The molecule has 2 N–H and O–H groups in total. The Bertz CT molecular complexity index is 521. The van der Waals surface area contributed by atoms with Gasteiger partial charge in [-0.1, -0.05) is 12.1 Å². The van der Waals surface area contributed by atoms with E-state index in [0.29, 0.717) is 18.4 Å². The number of rotatable bonds is 4. The lowest BCUT2D eigenvalue weighted by molar-refractivity contribution is -0.148. The zero-order chi connectivity index (χ0) is 14.7. The van der Waals surface area contributed by atoms with Gasteiger partial charge in [0.15, 0.2) is 0 Å². The first kappa shape index (κ1) is 14.6. The van der Waals surface area contributed by atoms with Crippen molar-refractivity contribution in [3.05, 3.63) is 35.6 Å². The SMILES string of the molecule is CN1C(=O)CCC(NCC(O)c2cccc(F)c2)C1=O. The lowest BCUT2D eigenvalue weighted by Gasteiger charge is -2.29. The number of likely N-dealkylation sites (N-methyl/N-ethyl adjacent to an activating group) is 1. The molecule has 1 aromatic carbocycles. The summed E-state index contributed by atoms with van der Waals surface area (Å²) in [4.78, 5) is 24.3. The number of aliphatic hydroxyl groups excluding tert-OH is 1. The molecule has 0 spiro atoms. The number of halogens is 1. The molecule has 1 aromatic rings. The minimum absolute atomic E-state index is 0.127. The third-order valence-electron chi connectivity index (χ3n) is 3.44. The largest absolute Gasteiger partial charge is 0.387 e. The summed E-state index contributed by atoms with van der Waals surface area (Å²) >= 11 is 0. The number of imide groups is 1. The Morgan fingerprint density at radius 1 is 1.50 bits per heavy atom. The lowest BCUT2D eigenvalue weighted by Crippen LogP contribution is -2.52. The van der Waals surface area contributed by atoms with Crippen LogP contribution in [0.4, 0.5) is 4.39 Å². The molecule has 0 saturated carbocycles. The number of nitrogens with zero attached hydrogens (tertiary/aromatic N) is 1. The van der Waals surface area contributed by atoms with Crippen LogP contribution >= 0.6 is 0 Å². The van der Waals surface area contributed by atoms with Crippen molar-refractivity contribution in [3.63, 3.8) is 0 Å². The number of carbonyl (C=O) groups excluding carboxylic acids is 2. The average Bonchev–Trinajstić information content (AvgIpc) is 2.44. The van der Waals surface area contributed by atoms with Gasteiger partial charge in [0.25, 0.3) is 0 Å². The average molecular weight is 280 g/mol. The Labute approximate surface area is 116 Å². The Kier molecular flexibility index (Phi) is 4.46. The smallest absolute Gasteiger partial charge is 0.246 e. The predicted octanol–water partition coefficient (Wildman–Crippen LogP) is 0.596. The standard InChI is InChI=1S/C14H17FN2O3/c1-17-13(19)6-5-11(14(17)20)16-8-12(18)9-3-2-4-10(15)7-9/h2-4,7,11-12,16,18H,5-6,8H2,1H3. The molecule has 0 bridgehead atoms. The van der Waals surface area contributed by atoms with Crippen LogP contribution in [0.2, 0.25) is 0 Å². The number of piperidine rings is 1. The number of hydrogen-bond acceptors (Lipinski definition) is 4. The van der Waals surface area contributed by atoms with Crippen LogP contribution in [0.1, 0.15) is 24.5 Å².